The summed E-state index contributed by atoms with van der Waals surface area (Å²) in [4.78, 5) is 26.0. The number of carbonyl (C=O) groups excluding carboxylic acids is 2. The molecular weight excluding hydrogens is 358 g/mol. The first-order chi connectivity index (χ1) is 12.0. The summed E-state index contributed by atoms with van der Waals surface area (Å²) in [6.07, 6.45) is 1.31. The van der Waals surface area contributed by atoms with Gasteiger partial charge in [0.2, 0.25) is 0 Å². The van der Waals surface area contributed by atoms with E-state index in [-0.39, 0.29) is 5.75 Å². The monoisotopic (exact) mass is 377 g/mol. The Kier molecular flexibility index (Phi) is 7.22. The van der Waals surface area contributed by atoms with Crippen molar-refractivity contribution in [1.29, 1.82) is 5.26 Å². The molecule has 1 aromatic rings. The number of anilines is 1. The normalized spacial score (nSPS) is 14.5. The summed E-state index contributed by atoms with van der Waals surface area (Å²) in [6, 6.07) is 8.52. The van der Waals surface area contributed by atoms with Crippen molar-refractivity contribution in [2.75, 3.05) is 24.2 Å². The fraction of sp³-hybridized carbons (Fsp3) is 0.412. The summed E-state index contributed by atoms with van der Waals surface area (Å²) in [7, 11) is 0. The fourth-order valence-corrected chi connectivity index (χ4v) is 3.34. The lowest BCUT2D eigenvalue weighted by Crippen LogP contribution is -2.31. The lowest BCUT2D eigenvalue weighted by molar-refractivity contribution is -0.150. The van der Waals surface area contributed by atoms with Gasteiger partial charge in [-0.2, -0.15) is 5.26 Å². The third kappa shape index (κ3) is 6.03. The van der Waals surface area contributed by atoms with E-state index < -0.39 is 18.0 Å². The van der Waals surface area contributed by atoms with Crippen molar-refractivity contribution in [2.24, 2.45) is 0 Å². The van der Waals surface area contributed by atoms with E-state index in [4.69, 9.17) is 22.2 Å². The topological polar surface area (TPSA) is 82.4 Å². The number of hydrogen-bond donors (Lipinski definition) is 1. The van der Waals surface area contributed by atoms with Gasteiger partial charge in [-0.3, -0.25) is 9.59 Å². The summed E-state index contributed by atoms with van der Waals surface area (Å²) >= 11 is 6.54. The van der Waals surface area contributed by atoms with E-state index in [1.54, 1.807) is 24.3 Å². The highest BCUT2D eigenvalue weighted by Crippen LogP contribution is 2.16. The third-order valence-corrected chi connectivity index (χ3v) is 5.11. The maximum absolute atomic E-state index is 12.1. The number of thioether (sulfide) groups is 1. The van der Waals surface area contributed by atoms with Crippen LogP contribution in [0.2, 0.25) is 0 Å². The largest absolute Gasteiger partial charge is 0.452 e. The molecule has 0 radical (unpaired) electrons. The van der Waals surface area contributed by atoms with E-state index in [1.165, 1.54) is 18.7 Å². The van der Waals surface area contributed by atoms with Crippen LogP contribution >= 0.6 is 24.0 Å². The summed E-state index contributed by atoms with van der Waals surface area (Å²) in [6.45, 7) is 3.37. The van der Waals surface area contributed by atoms with Crippen LogP contribution in [0.1, 0.15) is 25.3 Å². The second kappa shape index (κ2) is 9.39. The number of nitriles is 1. The van der Waals surface area contributed by atoms with Gasteiger partial charge in [0, 0.05) is 18.8 Å². The second-order valence-electron chi connectivity index (χ2n) is 5.56. The van der Waals surface area contributed by atoms with Crippen LogP contribution in [0.5, 0.6) is 0 Å². The minimum absolute atomic E-state index is 0.0802. The molecule has 1 atom stereocenters. The molecule has 1 N–H and O–H groups in total. The Morgan fingerprint density at radius 1 is 1.44 bits per heavy atom. The molecule has 1 aliphatic heterocycles. The number of benzene rings is 1. The van der Waals surface area contributed by atoms with E-state index in [0.717, 1.165) is 25.9 Å². The molecule has 0 spiro atoms. The Balaban J connectivity index is 1.76. The van der Waals surface area contributed by atoms with Gasteiger partial charge >= 0.3 is 5.97 Å². The number of nitrogens with zero attached hydrogens (tertiary/aromatic N) is 2. The third-order valence-electron chi connectivity index (χ3n) is 3.61. The number of esters is 1. The van der Waals surface area contributed by atoms with Gasteiger partial charge in [-0.05, 0) is 38.0 Å². The minimum atomic E-state index is -0.931. The number of amides is 1. The molecule has 1 fully saturated rings. The van der Waals surface area contributed by atoms with E-state index >= 15 is 0 Å². The van der Waals surface area contributed by atoms with Crippen LogP contribution in [0.25, 0.3) is 0 Å². The molecule has 1 amide bonds. The number of ether oxygens (including phenoxy) is 1. The summed E-state index contributed by atoms with van der Waals surface area (Å²) in [5, 5.41) is 11.5. The lowest BCUT2D eigenvalue weighted by Gasteiger charge is -2.18. The van der Waals surface area contributed by atoms with Gasteiger partial charge in [-0.15, -0.1) is 0 Å². The van der Waals surface area contributed by atoms with E-state index in [2.05, 4.69) is 10.2 Å². The number of nitrogens with one attached hydrogen (secondary N) is 1. The average Bonchev–Trinajstić information content (AvgIpc) is 3.14. The van der Waals surface area contributed by atoms with Crippen LogP contribution < -0.4 is 5.32 Å². The molecule has 1 aliphatic rings. The number of rotatable bonds is 5. The molecular formula is C17H19N3O3S2. The van der Waals surface area contributed by atoms with Crippen molar-refractivity contribution in [3.8, 4) is 6.07 Å². The average molecular weight is 377 g/mol. The molecule has 132 valence electrons. The van der Waals surface area contributed by atoms with Crippen LogP contribution in [-0.2, 0) is 14.3 Å². The molecule has 0 aromatic heterocycles. The first kappa shape index (κ1) is 19.2. The standard InChI is InChI=1S/C17H19N3O3S2/c1-12(16(22)19-14-6-4-5-13(9-14)10-18)23-15(21)11-25-17(24)20-7-2-3-8-20/h4-6,9,12H,2-3,7-8,11H2,1H3,(H,19,22)/t12-/m0/s1. The molecule has 1 aromatic carbocycles. The highest BCUT2D eigenvalue weighted by molar-refractivity contribution is 8.23. The van der Waals surface area contributed by atoms with Gasteiger partial charge in [0.1, 0.15) is 4.32 Å². The Bertz CT molecular complexity index is 697. The highest BCUT2D eigenvalue weighted by Gasteiger charge is 2.20. The zero-order chi connectivity index (χ0) is 18.2. The van der Waals surface area contributed by atoms with Gasteiger partial charge in [0.25, 0.3) is 5.91 Å². The van der Waals surface area contributed by atoms with Crippen molar-refractivity contribution in [2.45, 2.75) is 25.9 Å². The molecule has 0 bridgehead atoms. The van der Waals surface area contributed by atoms with Crippen molar-refractivity contribution in [3.63, 3.8) is 0 Å². The van der Waals surface area contributed by atoms with Gasteiger partial charge in [0.05, 0.1) is 17.4 Å². The summed E-state index contributed by atoms with van der Waals surface area (Å²) in [5.74, 6) is -0.854. The van der Waals surface area contributed by atoms with E-state index in [9.17, 15) is 9.59 Å². The number of thiocarbonyl (C=S) groups is 1. The fourth-order valence-electron chi connectivity index (χ4n) is 2.31. The minimum Gasteiger partial charge on any atom is -0.452 e. The maximum Gasteiger partial charge on any atom is 0.317 e. The molecule has 0 unspecified atom stereocenters. The van der Waals surface area contributed by atoms with Crippen LogP contribution in [0, 0.1) is 11.3 Å². The van der Waals surface area contributed by atoms with Gasteiger partial charge in [-0.1, -0.05) is 30.0 Å². The van der Waals surface area contributed by atoms with Crippen LogP contribution in [0.4, 0.5) is 5.69 Å². The second-order valence-corrected chi connectivity index (χ2v) is 7.17. The van der Waals surface area contributed by atoms with Crippen LogP contribution in [0.3, 0.4) is 0 Å². The SMILES string of the molecule is C[C@H](OC(=O)CSC(=S)N1CCCC1)C(=O)Nc1cccc(C#N)c1. The number of likely N-dealkylation sites (tertiary alicyclic amines) is 1. The molecule has 0 aliphatic carbocycles. The molecule has 8 heteroatoms. The zero-order valence-electron chi connectivity index (χ0n) is 13.9. The molecule has 1 heterocycles. The maximum atomic E-state index is 12.1. The van der Waals surface area contributed by atoms with Crippen molar-refractivity contribution in [1.82, 2.24) is 4.90 Å². The smallest absolute Gasteiger partial charge is 0.317 e. The molecule has 25 heavy (non-hydrogen) atoms. The Labute approximate surface area is 156 Å². The summed E-state index contributed by atoms with van der Waals surface area (Å²) in [5.41, 5.74) is 0.922. The van der Waals surface area contributed by atoms with Gasteiger partial charge in [-0.25, -0.2) is 0 Å². The Morgan fingerprint density at radius 3 is 2.84 bits per heavy atom. The van der Waals surface area contributed by atoms with Gasteiger partial charge < -0.3 is 15.0 Å². The highest BCUT2D eigenvalue weighted by atomic mass is 32.2. The first-order valence-corrected chi connectivity index (χ1v) is 9.31. The van der Waals surface area contributed by atoms with Crippen molar-refractivity contribution < 1.29 is 14.3 Å². The zero-order valence-corrected chi connectivity index (χ0v) is 15.5. The molecule has 6 nitrogen and oxygen atoms in total. The Morgan fingerprint density at radius 2 is 2.16 bits per heavy atom. The van der Waals surface area contributed by atoms with Crippen molar-refractivity contribution >= 4 is 45.9 Å². The molecule has 1 saturated heterocycles. The number of hydrogen-bond acceptors (Lipinski definition) is 6. The predicted molar refractivity (Wildman–Crippen MR) is 101 cm³/mol. The molecule has 0 saturated carbocycles. The lowest BCUT2D eigenvalue weighted by atomic mass is 10.2. The van der Waals surface area contributed by atoms with Crippen LogP contribution in [0.15, 0.2) is 24.3 Å². The quantitative estimate of drug-likeness (QED) is 0.624. The van der Waals surface area contributed by atoms with E-state index in [1.807, 2.05) is 6.07 Å². The predicted octanol–water partition coefficient (Wildman–Crippen LogP) is 2.54. The summed E-state index contributed by atoms with van der Waals surface area (Å²) < 4.78 is 5.83. The van der Waals surface area contributed by atoms with Crippen molar-refractivity contribution in [3.05, 3.63) is 29.8 Å². The first-order valence-electron chi connectivity index (χ1n) is 7.92. The number of carbonyl (C=O) groups is 2. The van der Waals surface area contributed by atoms with Gasteiger partial charge in [0.15, 0.2) is 6.10 Å². The molecule has 2 rings (SSSR count). The van der Waals surface area contributed by atoms with Crippen LogP contribution in [-0.4, -0.2) is 46.0 Å². The Hall–Kier alpha value is -2.11. The van der Waals surface area contributed by atoms with E-state index in [0.29, 0.717) is 15.6 Å².